The first-order valence-corrected chi connectivity index (χ1v) is 7.89. The maximum absolute atomic E-state index is 12.2. The number of H-pyrrole nitrogens is 1. The monoisotopic (exact) mass is 342 g/mol. The summed E-state index contributed by atoms with van der Waals surface area (Å²) >= 11 is 0. The summed E-state index contributed by atoms with van der Waals surface area (Å²) in [6, 6.07) is 8.64. The van der Waals surface area contributed by atoms with Crippen LogP contribution in [-0.4, -0.2) is 48.0 Å². The van der Waals surface area contributed by atoms with Gasteiger partial charge >= 0.3 is 0 Å². The van der Waals surface area contributed by atoms with Crippen molar-refractivity contribution in [1.82, 2.24) is 9.88 Å². The molecular weight excluding hydrogens is 320 g/mol. The van der Waals surface area contributed by atoms with E-state index in [9.17, 15) is 14.7 Å². The lowest BCUT2D eigenvalue weighted by atomic mass is 10.1. The molecule has 6 heteroatoms. The number of allylic oxidation sites excluding steroid dienone is 1. The first kappa shape index (κ1) is 18.5. The van der Waals surface area contributed by atoms with Crippen molar-refractivity contribution in [3.05, 3.63) is 63.6 Å². The normalized spacial score (nSPS) is 11.2. The summed E-state index contributed by atoms with van der Waals surface area (Å²) in [4.78, 5) is 28.6. The van der Waals surface area contributed by atoms with Gasteiger partial charge in [0.25, 0.3) is 5.56 Å². The highest BCUT2D eigenvalue weighted by Gasteiger charge is 2.13. The van der Waals surface area contributed by atoms with Gasteiger partial charge in [-0.15, -0.1) is 0 Å². The number of aromatic nitrogens is 1. The number of nitrogens with zero attached hydrogens (tertiary/aromatic N) is 1. The Labute approximate surface area is 146 Å². The van der Waals surface area contributed by atoms with Gasteiger partial charge in [-0.05, 0) is 50.9 Å². The van der Waals surface area contributed by atoms with Gasteiger partial charge in [0.2, 0.25) is 0 Å². The molecule has 0 spiro atoms. The molecule has 1 aromatic carbocycles. The third-order valence-electron chi connectivity index (χ3n) is 3.49. The lowest BCUT2D eigenvalue weighted by Crippen LogP contribution is -2.19. The molecule has 0 aliphatic heterocycles. The molecule has 1 aromatic heterocycles. The van der Waals surface area contributed by atoms with E-state index in [1.54, 1.807) is 19.1 Å². The molecule has 132 valence electrons. The number of hydrogen-bond donors (Lipinski definition) is 2. The van der Waals surface area contributed by atoms with Crippen molar-refractivity contribution in [1.29, 1.82) is 0 Å². The van der Waals surface area contributed by atoms with Crippen molar-refractivity contribution < 1.29 is 14.6 Å². The molecule has 0 aliphatic rings. The molecule has 0 unspecified atom stereocenters. The second-order valence-electron chi connectivity index (χ2n) is 5.96. The van der Waals surface area contributed by atoms with E-state index in [0.717, 1.165) is 12.1 Å². The van der Waals surface area contributed by atoms with Crippen LogP contribution in [0.2, 0.25) is 0 Å². The van der Waals surface area contributed by atoms with Crippen LogP contribution in [0, 0.1) is 6.92 Å². The Kier molecular flexibility index (Phi) is 6.14. The summed E-state index contributed by atoms with van der Waals surface area (Å²) in [5.74, 6) is -0.179. The van der Waals surface area contributed by atoms with Gasteiger partial charge < -0.3 is 19.7 Å². The van der Waals surface area contributed by atoms with Crippen LogP contribution in [0.25, 0.3) is 6.08 Å². The summed E-state index contributed by atoms with van der Waals surface area (Å²) in [5, 5.41) is 9.83. The van der Waals surface area contributed by atoms with Crippen molar-refractivity contribution in [3.8, 4) is 11.5 Å². The van der Waals surface area contributed by atoms with Crippen molar-refractivity contribution in [2.45, 2.75) is 6.92 Å². The summed E-state index contributed by atoms with van der Waals surface area (Å²) in [6.07, 6.45) is 2.85. The van der Waals surface area contributed by atoms with Crippen molar-refractivity contribution in [3.63, 3.8) is 0 Å². The van der Waals surface area contributed by atoms with Crippen LogP contribution in [0.1, 0.15) is 21.6 Å². The van der Waals surface area contributed by atoms with E-state index in [1.165, 1.54) is 12.1 Å². The fourth-order valence-electron chi connectivity index (χ4n) is 2.22. The van der Waals surface area contributed by atoms with Gasteiger partial charge in [0, 0.05) is 12.2 Å². The Balaban J connectivity index is 2.11. The number of carbonyl (C=O) groups excluding carboxylic acids is 1. The highest BCUT2D eigenvalue weighted by atomic mass is 16.5. The van der Waals surface area contributed by atoms with Crippen molar-refractivity contribution in [2.24, 2.45) is 0 Å². The SMILES string of the molecule is Cc1cc(O)c(C(=O)C=Cc2cccc(OCCN(C)C)c2)c(=O)[nH]1. The van der Waals surface area contributed by atoms with Crippen LogP contribution in [0.3, 0.4) is 0 Å². The molecule has 2 N–H and O–H groups in total. The molecule has 2 aromatic rings. The largest absolute Gasteiger partial charge is 0.507 e. The highest BCUT2D eigenvalue weighted by molar-refractivity contribution is 6.08. The van der Waals surface area contributed by atoms with Gasteiger partial charge in [-0.2, -0.15) is 0 Å². The number of ketones is 1. The summed E-state index contributed by atoms with van der Waals surface area (Å²) in [5.41, 5.74) is 0.387. The first-order valence-electron chi connectivity index (χ1n) is 7.89. The number of hydrogen-bond acceptors (Lipinski definition) is 5. The van der Waals surface area contributed by atoms with Gasteiger partial charge in [-0.3, -0.25) is 9.59 Å². The fourth-order valence-corrected chi connectivity index (χ4v) is 2.22. The van der Waals surface area contributed by atoms with Gasteiger partial charge in [0.05, 0.1) is 0 Å². The summed E-state index contributed by atoms with van der Waals surface area (Å²) in [6.45, 7) is 2.99. The highest BCUT2D eigenvalue weighted by Crippen LogP contribution is 2.17. The minimum absolute atomic E-state index is 0.264. The number of ether oxygens (including phenoxy) is 1. The molecule has 2 rings (SSSR count). The Morgan fingerprint density at radius 3 is 2.76 bits per heavy atom. The molecule has 0 radical (unpaired) electrons. The third-order valence-corrected chi connectivity index (χ3v) is 3.49. The predicted molar refractivity (Wildman–Crippen MR) is 97.3 cm³/mol. The molecule has 0 atom stereocenters. The van der Waals surface area contributed by atoms with E-state index in [4.69, 9.17) is 4.74 Å². The van der Waals surface area contributed by atoms with Crippen LogP contribution >= 0.6 is 0 Å². The molecule has 0 aliphatic carbocycles. The number of likely N-dealkylation sites (N-methyl/N-ethyl adjacent to an activating group) is 1. The molecule has 0 amide bonds. The first-order chi connectivity index (χ1) is 11.9. The maximum atomic E-state index is 12.2. The van der Waals surface area contributed by atoms with E-state index in [2.05, 4.69) is 4.98 Å². The molecule has 0 bridgehead atoms. The van der Waals surface area contributed by atoms with Gasteiger partial charge in [-0.25, -0.2) is 0 Å². The Hall–Kier alpha value is -2.86. The third kappa shape index (κ3) is 5.32. The van der Waals surface area contributed by atoms with Crippen LogP contribution in [0.5, 0.6) is 11.5 Å². The Morgan fingerprint density at radius 2 is 2.08 bits per heavy atom. The lowest BCUT2D eigenvalue weighted by molar-refractivity contribution is 0.104. The Bertz CT molecular complexity index is 838. The second kappa shape index (κ2) is 8.30. The molecule has 0 saturated heterocycles. The number of aryl methyl sites for hydroxylation is 1. The van der Waals surface area contributed by atoms with Crippen LogP contribution in [0.4, 0.5) is 0 Å². The van der Waals surface area contributed by atoms with Crippen molar-refractivity contribution >= 4 is 11.9 Å². The van der Waals surface area contributed by atoms with E-state index in [1.807, 2.05) is 37.2 Å². The molecular formula is C19H22N2O4. The summed E-state index contributed by atoms with van der Waals surface area (Å²) in [7, 11) is 3.94. The van der Waals surface area contributed by atoms with Gasteiger partial charge in [-0.1, -0.05) is 18.2 Å². The number of pyridine rings is 1. The number of carbonyl (C=O) groups is 1. The number of aromatic hydroxyl groups is 1. The number of aromatic amines is 1. The standard InChI is InChI=1S/C19H22N2O4/c1-13-11-17(23)18(19(24)20-13)16(22)8-7-14-5-4-6-15(12-14)25-10-9-21(2)3/h4-8,11-12H,9-10H2,1-3H3,(H2,20,23,24). The van der Waals surface area contributed by atoms with Crippen LogP contribution < -0.4 is 10.3 Å². The van der Waals surface area contributed by atoms with Crippen LogP contribution in [0.15, 0.2) is 41.2 Å². The molecule has 0 fully saturated rings. The molecule has 25 heavy (non-hydrogen) atoms. The molecule has 0 saturated carbocycles. The minimum atomic E-state index is -0.604. The number of nitrogens with one attached hydrogen (secondary N) is 1. The zero-order valence-electron chi connectivity index (χ0n) is 14.6. The van der Waals surface area contributed by atoms with E-state index in [0.29, 0.717) is 18.1 Å². The average Bonchev–Trinajstić information content (AvgIpc) is 2.52. The predicted octanol–water partition coefficient (Wildman–Crippen LogP) is 2.23. The maximum Gasteiger partial charge on any atom is 0.263 e. The lowest BCUT2D eigenvalue weighted by Gasteiger charge is -2.11. The topological polar surface area (TPSA) is 82.6 Å². The summed E-state index contributed by atoms with van der Waals surface area (Å²) < 4.78 is 5.64. The quantitative estimate of drug-likeness (QED) is 0.595. The van der Waals surface area contributed by atoms with Crippen molar-refractivity contribution in [2.75, 3.05) is 27.2 Å². The van der Waals surface area contributed by atoms with E-state index in [-0.39, 0.29) is 11.3 Å². The zero-order chi connectivity index (χ0) is 18.4. The van der Waals surface area contributed by atoms with Gasteiger partial charge in [0.15, 0.2) is 5.78 Å². The van der Waals surface area contributed by atoms with E-state index >= 15 is 0 Å². The zero-order valence-corrected chi connectivity index (χ0v) is 14.6. The van der Waals surface area contributed by atoms with Crippen LogP contribution in [-0.2, 0) is 0 Å². The molecule has 1 heterocycles. The number of benzene rings is 1. The average molecular weight is 342 g/mol. The fraction of sp³-hybridized carbons (Fsp3) is 0.263. The van der Waals surface area contributed by atoms with Gasteiger partial charge in [0.1, 0.15) is 23.7 Å². The smallest absolute Gasteiger partial charge is 0.263 e. The number of rotatable bonds is 7. The minimum Gasteiger partial charge on any atom is -0.507 e. The Morgan fingerprint density at radius 1 is 1.32 bits per heavy atom. The van der Waals surface area contributed by atoms with E-state index < -0.39 is 11.3 Å². The molecule has 6 nitrogen and oxygen atoms in total. The second-order valence-corrected chi connectivity index (χ2v) is 5.96.